The highest BCUT2D eigenvalue weighted by Crippen LogP contribution is 2.29. The van der Waals surface area contributed by atoms with Gasteiger partial charge in [0.05, 0.1) is 5.02 Å². The maximum atomic E-state index is 13.2. The lowest BCUT2D eigenvalue weighted by Gasteiger charge is -2.14. The van der Waals surface area contributed by atoms with E-state index >= 15 is 0 Å². The number of hydrazine groups is 1. The van der Waals surface area contributed by atoms with E-state index in [2.05, 4.69) is 5.43 Å². The van der Waals surface area contributed by atoms with Crippen LogP contribution in [0.5, 0.6) is 0 Å². The van der Waals surface area contributed by atoms with Crippen molar-refractivity contribution in [2.75, 3.05) is 0 Å². The van der Waals surface area contributed by atoms with Crippen LogP contribution in [0, 0.1) is 5.82 Å². The molecule has 0 aliphatic carbocycles. The Morgan fingerprint density at radius 3 is 2.65 bits per heavy atom. The fourth-order valence-electron chi connectivity index (χ4n) is 2.18. The van der Waals surface area contributed by atoms with Gasteiger partial charge in [-0.1, -0.05) is 35.9 Å². The third kappa shape index (κ3) is 2.29. The summed E-state index contributed by atoms with van der Waals surface area (Å²) in [6.45, 7) is 0. The summed E-state index contributed by atoms with van der Waals surface area (Å²) in [4.78, 5) is 0. The molecule has 2 aromatic carbocycles. The van der Waals surface area contributed by atoms with Crippen molar-refractivity contribution in [3.8, 4) is 0 Å². The zero-order valence-corrected chi connectivity index (χ0v) is 11.2. The van der Waals surface area contributed by atoms with Crippen LogP contribution in [-0.4, -0.2) is 0 Å². The van der Waals surface area contributed by atoms with Gasteiger partial charge in [-0.25, -0.2) is 9.82 Å². The summed E-state index contributed by atoms with van der Waals surface area (Å²) in [6, 6.07) is 13.6. The van der Waals surface area contributed by atoms with Crippen molar-refractivity contribution in [3.63, 3.8) is 0 Å². The van der Waals surface area contributed by atoms with Gasteiger partial charge in [-0.3, -0.25) is 5.84 Å². The van der Waals surface area contributed by atoms with Crippen LogP contribution < -0.4 is 11.3 Å². The molecule has 5 heteroatoms. The van der Waals surface area contributed by atoms with Gasteiger partial charge in [0.15, 0.2) is 0 Å². The van der Waals surface area contributed by atoms with E-state index in [1.54, 1.807) is 6.07 Å². The van der Waals surface area contributed by atoms with Gasteiger partial charge in [0, 0.05) is 5.39 Å². The average Bonchev–Trinajstić information content (AvgIpc) is 2.87. The van der Waals surface area contributed by atoms with E-state index in [1.807, 2.05) is 30.3 Å². The van der Waals surface area contributed by atoms with Crippen LogP contribution in [0.3, 0.4) is 0 Å². The molecule has 102 valence electrons. The second kappa shape index (κ2) is 5.25. The van der Waals surface area contributed by atoms with Crippen LogP contribution in [0.25, 0.3) is 11.0 Å². The fourth-order valence-corrected chi connectivity index (χ4v) is 2.37. The number of furan rings is 1. The van der Waals surface area contributed by atoms with Crippen LogP contribution in [-0.2, 0) is 0 Å². The molecule has 1 unspecified atom stereocenters. The highest BCUT2D eigenvalue weighted by atomic mass is 35.5. The van der Waals surface area contributed by atoms with E-state index in [4.69, 9.17) is 21.9 Å². The van der Waals surface area contributed by atoms with Crippen LogP contribution in [0.1, 0.15) is 17.4 Å². The molecule has 0 amide bonds. The molecule has 3 N–H and O–H groups in total. The number of nitrogens with one attached hydrogen (secondary N) is 1. The molecule has 0 saturated heterocycles. The van der Waals surface area contributed by atoms with E-state index in [1.165, 1.54) is 12.1 Å². The standard InChI is InChI=1S/C15H12ClFN2O/c16-11-7-10(5-6-12(11)17)15(19-18)14-8-9-3-1-2-4-13(9)20-14/h1-8,15,19H,18H2. The lowest BCUT2D eigenvalue weighted by Crippen LogP contribution is -2.28. The Bertz CT molecular complexity index is 723. The van der Waals surface area contributed by atoms with Gasteiger partial charge < -0.3 is 4.42 Å². The zero-order chi connectivity index (χ0) is 14.1. The van der Waals surface area contributed by atoms with Crippen LogP contribution >= 0.6 is 11.6 Å². The SMILES string of the molecule is NNC(c1ccc(F)c(Cl)c1)c1cc2ccccc2o1. The first-order valence-electron chi connectivity index (χ1n) is 6.08. The number of nitrogens with two attached hydrogens (primary N) is 1. The predicted molar refractivity (Wildman–Crippen MR) is 76.8 cm³/mol. The van der Waals surface area contributed by atoms with Crippen LogP contribution in [0.4, 0.5) is 4.39 Å². The number of benzene rings is 2. The minimum atomic E-state index is -0.462. The molecule has 0 aliphatic heterocycles. The molecule has 0 radical (unpaired) electrons. The molecule has 1 aromatic heterocycles. The fraction of sp³-hybridized carbons (Fsp3) is 0.0667. The first kappa shape index (κ1) is 13.1. The largest absolute Gasteiger partial charge is 0.459 e. The summed E-state index contributed by atoms with van der Waals surface area (Å²) in [6.07, 6.45) is 0. The monoisotopic (exact) mass is 290 g/mol. The number of rotatable bonds is 3. The quantitative estimate of drug-likeness (QED) is 0.570. The Morgan fingerprint density at radius 1 is 1.15 bits per heavy atom. The summed E-state index contributed by atoms with van der Waals surface area (Å²) in [7, 11) is 0. The van der Waals surface area contributed by atoms with Crippen molar-refractivity contribution in [2.45, 2.75) is 6.04 Å². The minimum Gasteiger partial charge on any atom is -0.459 e. The summed E-state index contributed by atoms with van der Waals surface area (Å²) in [5.41, 5.74) is 4.18. The molecular weight excluding hydrogens is 279 g/mol. The van der Waals surface area contributed by atoms with Crippen molar-refractivity contribution in [1.82, 2.24) is 5.43 Å². The lowest BCUT2D eigenvalue weighted by atomic mass is 10.0. The van der Waals surface area contributed by atoms with E-state index in [0.717, 1.165) is 16.5 Å². The predicted octanol–water partition coefficient (Wildman–Crippen LogP) is 3.78. The van der Waals surface area contributed by atoms with Crippen molar-refractivity contribution >= 4 is 22.6 Å². The second-order valence-corrected chi connectivity index (χ2v) is 4.87. The third-order valence-corrected chi connectivity index (χ3v) is 3.46. The molecule has 0 aliphatic rings. The maximum Gasteiger partial charge on any atom is 0.141 e. The lowest BCUT2D eigenvalue weighted by molar-refractivity contribution is 0.477. The number of hydrogen-bond acceptors (Lipinski definition) is 3. The average molecular weight is 291 g/mol. The van der Waals surface area contributed by atoms with Gasteiger partial charge in [0.2, 0.25) is 0 Å². The van der Waals surface area contributed by atoms with E-state index < -0.39 is 5.82 Å². The highest BCUT2D eigenvalue weighted by Gasteiger charge is 2.18. The smallest absolute Gasteiger partial charge is 0.141 e. The molecule has 0 spiro atoms. The number of para-hydroxylation sites is 1. The number of fused-ring (bicyclic) bond motifs is 1. The maximum absolute atomic E-state index is 13.2. The normalized spacial score (nSPS) is 12.8. The Kier molecular flexibility index (Phi) is 3.44. The zero-order valence-electron chi connectivity index (χ0n) is 10.4. The second-order valence-electron chi connectivity index (χ2n) is 4.46. The molecule has 20 heavy (non-hydrogen) atoms. The number of hydrogen-bond donors (Lipinski definition) is 2. The Hall–Kier alpha value is -1.88. The molecule has 0 bridgehead atoms. The first-order valence-corrected chi connectivity index (χ1v) is 6.46. The van der Waals surface area contributed by atoms with Crippen molar-refractivity contribution in [3.05, 3.63) is 70.7 Å². The Morgan fingerprint density at radius 2 is 1.95 bits per heavy atom. The number of halogens is 2. The molecular formula is C15H12ClFN2O. The van der Waals surface area contributed by atoms with Crippen molar-refractivity contribution in [1.29, 1.82) is 0 Å². The summed E-state index contributed by atoms with van der Waals surface area (Å²) >= 11 is 5.81. The molecule has 3 aromatic rings. The van der Waals surface area contributed by atoms with Gasteiger partial charge in [0.25, 0.3) is 0 Å². The van der Waals surface area contributed by atoms with Gasteiger partial charge in [0.1, 0.15) is 23.2 Å². The molecule has 1 atom stereocenters. The molecule has 1 heterocycles. The van der Waals surface area contributed by atoms with Crippen molar-refractivity contribution < 1.29 is 8.81 Å². The van der Waals surface area contributed by atoms with E-state index in [-0.39, 0.29) is 11.1 Å². The summed E-state index contributed by atoms with van der Waals surface area (Å²) in [5.74, 6) is 5.79. The Labute approximate surface area is 120 Å². The van der Waals surface area contributed by atoms with Crippen molar-refractivity contribution in [2.24, 2.45) is 5.84 Å². The summed E-state index contributed by atoms with van der Waals surface area (Å²) in [5, 5.41) is 1.04. The molecule has 0 saturated carbocycles. The van der Waals surface area contributed by atoms with Crippen LogP contribution in [0.2, 0.25) is 5.02 Å². The minimum absolute atomic E-state index is 0.0545. The molecule has 3 nitrogen and oxygen atoms in total. The van der Waals surface area contributed by atoms with E-state index in [0.29, 0.717) is 5.76 Å². The van der Waals surface area contributed by atoms with Gasteiger partial charge >= 0.3 is 0 Å². The van der Waals surface area contributed by atoms with Crippen LogP contribution in [0.15, 0.2) is 52.9 Å². The first-order chi connectivity index (χ1) is 9.69. The van der Waals surface area contributed by atoms with Gasteiger partial charge in [-0.15, -0.1) is 0 Å². The molecule has 0 fully saturated rings. The highest BCUT2D eigenvalue weighted by molar-refractivity contribution is 6.30. The summed E-state index contributed by atoms with van der Waals surface area (Å²) < 4.78 is 19.0. The van der Waals surface area contributed by atoms with E-state index in [9.17, 15) is 4.39 Å². The van der Waals surface area contributed by atoms with Gasteiger partial charge in [-0.2, -0.15) is 0 Å². The van der Waals surface area contributed by atoms with Gasteiger partial charge in [-0.05, 0) is 29.8 Å². The third-order valence-electron chi connectivity index (χ3n) is 3.17. The topological polar surface area (TPSA) is 51.2 Å². The Balaban J connectivity index is 2.06. The molecule has 3 rings (SSSR count).